The third-order valence-corrected chi connectivity index (χ3v) is 4.53. The number of hydrogen-bond donors (Lipinski definition) is 1. The van der Waals surface area contributed by atoms with Crippen LogP contribution in [0, 0.1) is 22.2 Å². The molecule has 0 atom stereocenters. The van der Waals surface area contributed by atoms with Gasteiger partial charge in [0.15, 0.2) is 0 Å². The molecule has 0 heterocycles. The number of rotatable bonds is 2. The second-order valence-corrected chi connectivity index (χ2v) is 6.97. The SMILES string of the molecule is CC(C)(C)C(N)=NCC1C(C)(C)C1(C)C. The molecule has 2 N–H and O–H groups in total. The first-order chi connectivity index (χ1) is 6.51. The van der Waals surface area contributed by atoms with Crippen molar-refractivity contribution in [2.45, 2.75) is 48.5 Å². The van der Waals surface area contributed by atoms with Crippen molar-refractivity contribution in [3.8, 4) is 0 Å². The molecule has 0 aromatic carbocycles. The fraction of sp³-hybridized carbons (Fsp3) is 0.923. The highest BCUT2D eigenvalue weighted by Gasteiger charge is 2.64. The number of nitrogens with zero attached hydrogens (tertiary/aromatic N) is 1. The molecule has 0 radical (unpaired) electrons. The maximum atomic E-state index is 5.95. The molecule has 0 aromatic rings. The number of nitrogens with two attached hydrogens (primary N) is 1. The van der Waals surface area contributed by atoms with E-state index in [4.69, 9.17) is 5.73 Å². The zero-order valence-electron chi connectivity index (χ0n) is 11.3. The fourth-order valence-electron chi connectivity index (χ4n) is 2.22. The Morgan fingerprint density at radius 1 is 1.13 bits per heavy atom. The van der Waals surface area contributed by atoms with E-state index in [0.717, 1.165) is 12.4 Å². The van der Waals surface area contributed by atoms with E-state index >= 15 is 0 Å². The van der Waals surface area contributed by atoms with Gasteiger partial charge in [0.2, 0.25) is 0 Å². The molecule has 2 nitrogen and oxygen atoms in total. The van der Waals surface area contributed by atoms with Crippen molar-refractivity contribution in [3.05, 3.63) is 0 Å². The molecule has 1 rings (SSSR count). The van der Waals surface area contributed by atoms with Crippen molar-refractivity contribution in [3.63, 3.8) is 0 Å². The first-order valence-electron chi connectivity index (χ1n) is 5.81. The van der Waals surface area contributed by atoms with Gasteiger partial charge in [-0.05, 0) is 16.7 Å². The molecule has 0 bridgehead atoms. The minimum absolute atomic E-state index is 0.00315. The monoisotopic (exact) mass is 210 g/mol. The third kappa shape index (κ3) is 2.04. The van der Waals surface area contributed by atoms with Gasteiger partial charge in [0.25, 0.3) is 0 Å². The zero-order chi connectivity index (χ0) is 12.1. The van der Waals surface area contributed by atoms with Crippen LogP contribution in [0.4, 0.5) is 0 Å². The van der Waals surface area contributed by atoms with Gasteiger partial charge in [-0.1, -0.05) is 48.5 Å². The van der Waals surface area contributed by atoms with Crippen molar-refractivity contribution in [2.75, 3.05) is 6.54 Å². The number of hydrogen-bond acceptors (Lipinski definition) is 1. The maximum Gasteiger partial charge on any atom is 0.0991 e. The van der Waals surface area contributed by atoms with E-state index in [1.54, 1.807) is 0 Å². The van der Waals surface area contributed by atoms with Crippen LogP contribution in [-0.2, 0) is 0 Å². The van der Waals surface area contributed by atoms with Crippen LogP contribution in [-0.4, -0.2) is 12.4 Å². The Morgan fingerprint density at radius 3 is 1.80 bits per heavy atom. The first-order valence-corrected chi connectivity index (χ1v) is 5.81. The molecule has 0 aromatic heterocycles. The van der Waals surface area contributed by atoms with Crippen molar-refractivity contribution < 1.29 is 0 Å². The normalized spacial score (nSPS) is 25.4. The van der Waals surface area contributed by atoms with Crippen LogP contribution in [0.15, 0.2) is 4.99 Å². The summed E-state index contributed by atoms with van der Waals surface area (Å²) in [4.78, 5) is 4.54. The largest absolute Gasteiger partial charge is 0.387 e. The second-order valence-electron chi connectivity index (χ2n) is 6.97. The molecular weight excluding hydrogens is 184 g/mol. The smallest absolute Gasteiger partial charge is 0.0991 e. The second kappa shape index (κ2) is 3.23. The predicted molar refractivity (Wildman–Crippen MR) is 67.0 cm³/mol. The van der Waals surface area contributed by atoms with E-state index in [1.165, 1.54) is 0 Å². The first kappa shape index (κ1) is 12.5. The molecule has 1 aliphatic carbocycles. The standard InChI is InChI=1S/C13H26N2/c1-11(2,3)10(14)15-8-9-12(4,5)13(9,6)7/h9H,8H2,1-7H3,(H2,14,15). The van der Waals surface area contributed by atoms with Crippen molar-refractivity contribution >= 4 is 5.84 Å². The highest BCUT2D eigenvalue weighted by molar-refractivity contribution is 5.85. The molecule has 0 unspecified atom stereocenters. The summed E-state index contributed by atoms with van der Waals surface area (Å²) in [5.41, 5.74) is 6.78. The van der Waals surface area contributed by atoms with Gasteiger partial charge in [-0.15, -0.1) is 0 Å². The molecule has 88 valence electrons. The summed E-state index contributed by atoms with van der Waals surface area (Å²) in [6.07, 6.45) is 0. The van der Waals surface area contributed by atoms with Crippen LogP contribution in [0.3, 0.4) is 0 Å². The van der Waals surface area contributed by atoms with Crippen molar-refractivity contribution in [1.82, 2.24) is 0 Å². The molecule has 0 aliphatic heterocycles. The summed E-state index contributed by atoms with van der Waals surface area (Å²) in [6.45, 7) is 16.5. The highest BCUT2D eigenvalue weighted by atomic mass is 14.9. The van der Waals surface area contributed by atoms with E-state index in [2.05, 4.69) is 53.5 Å². The molecule has 0 spiro atoms. The van der Waals surface area contributed by atoms with E-state index < -0.39 is 0 Å². The van der Waals surface area contributed by atoms with Gasteiger partial charge >= 0.3 is 0 Å². The molecular formula is C13H26N2. The van der Waals surface area contributed by atoms with Gasteiger partial charge < -0.3 is 5.73 Å². The topological polar surface area (TPSA) is 38.4 Å². The summed E-state index contributed by atoms with van der Waals surface area (Å²) in [6, 6.07) is 0. The summed E-state index contributed by atoms with van der Waals surface area (Å²) in [7, 11) is 0. The molecule has 1 fully saturated rings. The lowest BCUT2D eigenvalue weighted by Crippen LogP contribution is -2.29. The molecule has 15 heavy (non-hydrogen) atoms. The van der Waals surface area contributed by atoms with Gasteiger partial charge in [0, 0.05) is 12.0 Å². The number of aliphatic imine (C=N–C) groups is 1. The van der Waals surface area contributed by atoms with Crippen molar-refractivity contribution in [1.29, 1.82) is 0 Å². The Labute approximate surface area is 94.3 Å². The average molecular weight is 210 g/mol. The van der Waals surface area contributed by atoms with Crippen LogP contribution in [0.2, 0.25) is 0 Å². The maximum absolute atomic E-state index is 5.95. The summed E-state index contributed by atoms with van der Waals surface area (Å²) >= 11 is 0. The lowest BCUT2D eigenvalue weighted by atomic mass is 9.95. The van der Waals surface area contributed by atoms with E-state index in [-0.39, 0.29) is 5.41 Å². The van der Waals surface area contributed by atoms with E-state index in [9.17, 15) is 0 Å². The summed E-state index contributed by atoms with van der Waals surface area (Å²) in [5.74, 6) is 1.45. The van der Waals surface area contributed by atoms with Crippen LogP contribution in [0.25, 0.3) is 0 Å². The van der Waals surface area contributed by atoms with Crippen LogP contribution in [0.5, 0.6) is 0 Å². The quantitative estimate of drug-likeness (QED) is 0.552. The highest BCUT2D eigenvalue weighted by Crippen LogP contribution is 2.68. The lowest BCUT2D eigenvalue weighted by Gasteiger charge is -2.17. The van der Waals surface area contributed by atoms with Gasteiger partial charge in [-0.2, -0.15) is 0 Å². The molecule has 1 aliphatic rings. The summed E-state index contributed by atoms with van der Waals surface area (Å²) < 4.78 is 0. The minimum Gasteiger partial charge on any atom is -0.387 e. The summed E-state index contributed by atoms with van der Waals surface area (Å²) in [5, 5.41) is 0. The average Bonchev–Trinajstić information content (AvgIpc) is 2.38. The van der Waals surface area contributed by atoms with Gasteiger partial charge in [-0.25, -0.2) is 0 Å². The Balaban J connectivity index is 2.62. The van der Waals surface area contributed by atoms with Crippen LogP contribution < -0.4 is 5.73 Å². The molecule has 1 saturated carbocycles. The predicted octanol–water partition coefficient (Wildman–Crippen LogP) is 3.07. The lowest BCUT2D eigenvalue weighted by molar-refractivity contribution is 0.457. The van der Waals surface area contributed by atoms with Gasteiger partial charge in [0.05, 0.1) is 5.84 Å². The van der Waals surface area contributed by atoms with Crippen molar-refractivity contribution in [2.24, 2.45) is 32.9 Å². The van der Waals surface area contributed by atoms with Crippen LogP contribution in [0.1, 0.15) is 48.5 Å². The van der Waals surface area contributed by atoms with Crippen LogP contribution >= 0.6 is 0 Å². The molecule has 0 saturated heterocycles. The Hall–Kier alpha value is -0.530. The molecule has 0 amide bonds. The van der Waals surface area contributed by atoms with Gasteiger partial charge in [0.1, 0.15) is 0 Å². The minimum atomic E-state index is 0.00315. The van der Waals surface area contributed by atoms with Gasteiger partial charge in [-0.3, -0.25) is 4.99 Å². The zero-order valence-corrected chi connectivity index (χ0v) is 11.3. The van der Waals surface area contributed by atoms with E-state index in [1.807, 2.05) is 0 Å². The number of amidine groups is 1. The Bertz CT molecular complexity index is 265. The molecule has 2 heteroatoms. The Morgan fingerprint density at radius 2 is 1.53 bits per heavy atom. The Kier molecular flexibility index (Phi) is 2.70. The third-order valence-electron chi connectivity index (χ3n) is 4.53. The van der Waals surface area contributed by atoms with E-state index in [0.29, 0.717) is 16.7 Å². The fourth-order valence-corrected chi connectivity index (χ4v) is 2.22.